The van der Waals surface area contributed by atoms with Crippen molar-refractivity contribution in [3.63, 3.8) is 0 Å². The van der Waals surface area contributed by atoms with Crippen LogP contribution in [0, 0.1) is 10.5 Å². The highest BCUT2D eigenvalue weighted by Gasteiger charge is 2.37. The molecule has 0 spiro atoms. The quantitative estimate of drug-likeness (QED) is 0.601. The van der Waals surface area contributed by atoms with Crippen molar-refractivity contribution < 1.29 is 0 Å². The van der Waals surface area contributed by atoms with E-state index in [4.69, 9.17) is 0 Å². The Morgan fingerprint density at radius 3 is 2.47 bits per heavy atom. The number of halogens is 1. The smallest absolute Gasteiger partial charge is 0.0177 e. The summed E-state index contributed by atoms with van der Waals surface area (Å²) >= 11 is 2.46. The summed E-state index contributed by atoms with van der Waals surface area (Å²) in [6, 6.07) is 13.3. The molecule has 0 N–H and O–H groups in total. The predicted octanol–water partition coefficient (Wildman–Crippen LogP) is 4.91. The topological polar surface area (TPSA) is 0 Å². The van der Waals surface area contributed by atoms with Crippen molar-refractivity contribution in [3.8, 4) is 11.1 Å². The van der Waals surface area contributed by atoms with Crippen LogP contribution in [0.3, 0.4) is 0 Å². The first-order valence-corrected chi connectivity index (χ1v) is 7.01. The van der Waals surface area contributed by atoms with Gasteiger partial charge in [0, 0.05) is 8.99 Å². The van der Waals surface area contributed by atoms with Gasteiger partial charge in [0.05, 0.1) is 0 Å². The molecule has 1 aliphatic rings. The Morgan fingerprint density at radius 1 is 1.00 bits per heavy atom. The fourth-order valence-corrected chi connectivity index (χ4v) is 4.22. The summed E-state index contributed by atoms with van der Waals surface area (Å²) < 4.78 is 1.38. The molecule has 17 heavy (non-hydrogen) atoms. The zero-order valence-electron chi connectivity index (χ0n) is 10.3. The van der Waals surface area contributed by atoms with E-state index in [9.17, 15) is 0 Å². The Bertz CT molecular complexity index is 609. The highest BCUT2D eigenvalue weighted by Crippen LogP contribution is 2.51. The minimum atomic E-state index is 0.133. The summed E-state index contributed by atoms with van der Waals surface area (Å²) in [6.45, 7) is 6.88. The summed E-state index contributed by atoms with van der Waals surface area (Å²) in [5, 5.41) is 0. The maximum Gasteiger partial charge on any atom is 0.0177 e. The second-order valence-corrected chi connectivity index (χ2v) is 6.45. The molecule has 0 atom stereocenters. The first-order valence-electron chi connectivity index (χ1n) is 5.93. The molecule has 0 fully saturated rings. The second-order valence-electron chi connectivity index (χ2n) is 5.28. The van der Waals surface area contributed by atoms with Gasteiger partial charge in [-0.05, 0) is 63.4 Å². The average molecular weight is 334 g/mol. The highest BCUT2D eigenvalue weighted by molar-refractivity contribution is 14.1. The van der Waals surface area contributed by atoms with Crippen LogP contribution in [0.1, 0.15) is 30.5 Å². The lowest BCUT2D eigenvalue weighted by atomic mass is 9.82. The normalized spacial score (nSPS) is 15.5. The van der Waals surface area contributed by atoms with E-state index in [1.165, 1.54) is 31.4 Å². The van der Waals surface area contributed by atoms with Gasteiger partial charge in [-0.2, -0.15) is 0 Å². The minimum absolute atomic E-state index is 0.133. The van der Waals surface area contributed by atoms with Crippen LogP contribution < -0.4 is 0 Å². The summed E-state index contributed by atoms with van der Waals surface area (Å²) in [6.07, 6.45) is 0. The van der Waals surface area contributed by atoms with Crippen molar-refractivity contribution in [1.82, 2.24) is 0 Å². The maximum atomic E-state index is 2.46. The van der Waals surface area contributed by atoms with Gasteiger partial charge in [-0.3, -0.25) is 0 Å². The van der Waals surface area contributed by atoms with Crippen LogP contribution in [0.2, 0.25) is 0 Å². The van der Waals surface area contributed by atoms with Gasteiger partial charge >= 0.3 is 0 Å². The molecule has 0 amide bonds. The lowest BCUT2D eigenvalue weighted by molar-refractivity contribution is 0.656. The van der Waals surface area contributed by atoms with Crippen LogP contribution >= 0.6 is 22.6 Å². The molecule has 0 aromatic heterocycles. The van der Waals surface area contributed by atoms with Crippen LogP contribution in [-0.2, 0) is 5.41 Å². The molecule has 0 bridgehead atoms. The number of hydrogen-bond acceptors (Lipinski definition) is 0. The largest absolute Gasteiger partial charge is 0.0617 e. The molecule has 0 saturated heterocycles. The molecule has 1 heteroatoms. The predicted molar refractivity (Wildman–Crippen MR) is 81.5 cm³/mol. The molecule has 2 aromatic rings. The van der Waals surface area contributed by atoms with Gasteiger partial charge in [-0.25, -0.2) is 0 Å². The monoisotopic (exact) mass is 334 g/mol. The molecule has 0 nitrogen and oxygen atoms in total. The van der Waals surface area contributed by atoms with Gasteiger partial charge in [-0.1, -0.05) is 44.2 Å². The molecule has 1 aliphatic carbocycles. The summed E-state index contributed by atoms with van der Waals surface area (Å²) in [4.78, 5) is 0. The molecule has 0 radical (unpaired) electrons. The summed E-state index contributed by atoms with van der Waals surface area (Å²) in [5.74, 6) is 0. The molecule has 86 valence electrons. The zero-order valence-corrected chi connectivity index (χ0v) is 12.5. The Labute approximate surface area is 116 Å². The van der Waals surface area contributed by atoms with Crippen molar-refractivity contribution in [3.05, 3.63) is 56.7 Å². The lowest BCUT2D eigenvalue weighted by Gasteiger charge is -2.22. The third-order valence-electron chi connectivity index (χ3n) is 3.85. The molecule has 0 heterocycles. The fourth-order valence-electron chi connectivity index (χ4n) is 3.05. The first-order chi connectivity index (χ1) is 8.03. The van der Waals surface area contributed by atoms with E-state index in [0.717, 1.165) is 0 Å². The molecule has 2 aromatic carbocycles. The van der Waals surface area contributed by atoms with Crippen molar-refractivity contribution >= 4 is 22.6 Å². The Morgan fingerprint density at radius 2 is 1.71 bits per heavy atom. The third kappa shape index (κ3) is 1.41. The minimum Gasteiger partial charge on any atom is -0.0617 e. The third-order valence-corrected chi connectivity index (χ3v) is 4.75. The summed E-state index contributed by atoms with van der Waals surface area (Å²) in [5.41, 5.74) is 7.35. The Kier molecular flexibility index (Phi) is 2.37. The van der Waals surface area contributed by atoms with Crippen molar-refractivity contribution in [1.29, 1.82) is 0 Å². The van der Waals surface area contributed by atoms with Gasteiger partial charge in [0.1, 0.15) is 0 Å². The van der Waals surface area contributed by atoms with Gasteiger partial charge in [0.15, 0.2) is 0 Å². The van der Waals surface area contributed by atoms with Gasteiger partial charge in [0.2, 0.25) is 0 Å². The van der Waals surface area contributed by atoms with E-state index < -0.39 is 0 Å². The molecule has 0 aliphatic heterocycles. The Hall–Kier alpha value is -0.830. The number of benzene rings is 2. The van der Waals surface area contributed by atoms with E-state index in [1.807, 2.05) is 0 Å². The van der Waals surface area contributed by atoms with Crippen LogP contribution in [0.25, 0.3) is 11.1 Å². The van der Waals surface area contributed by atoms with Crippen LogP contribution in [0.4, 0.5) is 0 Å². The number of fused-ring (bicyclic) bond motifs is 3. The van der Waals surface area contributed by atoms with Crippen LogP contribution in [-0.4, -0.2) is 0 Å². The SMILES string of the molecule is Cc1cccc2c1-c1cccc(I)c1C2(C)C. The highest BCUT2D eigenvalue weighted by atomic mass is 127. The number of rotatable bonds is 0. The maximum absolute atomic E-state index is 2.46. The van der Waals surface area contributed by atoms with Gasteiger partial charge < -0.3 is 0 Å². The molecule has 0 saturated carbocycles. The van der Waals surface area contributed by atoms with Gasteiger partial charge in [0.25, 0.3) is 0 Å². The van der Waals surface area contributed by atoms with E-state index in [1.54, 1.807) is 0 Å². The van der Waals surface area contributed by atoms with E-state index >= 15 is 0 Å². The fraction of sp³-hybridized carbons (Fsp3) is 0.250. The number of hydrogen-bond donors (Lipinski definition) is 0. The van der Waals surface area contributed by atoms with Gasteiger partial charge in [-0.15, -0.1) is 0 Å². The molecule has 0 unspecified atom stereocenters. The summed E-state index contributed by atoms with van der Waals surface area (Å²) in [7, 11) is 0. The molecular formula is C16H15I. The average Bonchev–Trinajstić information content (AvgIpc) is 2.50. The van der Waals surface area contributed by atoms with E-state index in [0.29, 0.717) is 0 Å². The van der Waals surface area contributed by atoms with E-state index in [-0.39, 0.29) is 5.41 Å². The zero-order chi connectivity index (χ0) is 12.2. The second kappa shape index (κ2) is 3.58. The van der Waals surface area contributed by atoms with Crippen molar-refractivity contribution in [2.45, 2.75) is 26.2 Å². The Balaban J connectivity index is 2.48. The number of aryl methyl sites for hydroxylation is 1. The van der Waals surface area contributed by atoms with Crippen molar-refractivity contribution in [2.24, 2.45) is 0 Å². The van der Waals surface area contributed by atoms with Crippen LogP contribution in [0.5, 0.6) is 0 Å². The van der Waals surface area contributed by atoms with Crippen molar-refractivity contribution in [2.75, 3.05) is 0 Å². The van der Waals surface area contributed by atoms with E-state index in [2.05, 4.69) is 79.8 Å². The first kappa shape index (κ1) is 11.3. The lowest BCUT2D eigenvalue weighted by Crippen LogP contribution is -2.16. The van der Waals surface area contributed by atoms with Crippen LogP contribution in [0.15, 0.2) is 36.4 Å². The molecule has 3 rings (SSSR count). The molecular weight excluding hydrogens is 319 g/mol. The standard InChI is InChI=1S/C16H15I/c1-10-6-4-8-12-14(10)11-7-5-9-13(17)15(11)16(12,2)3/h4-9H,1-3H3.